The molecular weight excluding hydrogens is 427 g/mol. The minimum Gasteiger partial charge on any atom is -0.440 e. The van der Waals surface area contributed by atoms with E-state index < -0.39 is 24.8 Å². The van der Waals surface area contributed by atoms with E-state index in [0.29, 0.717) is 42.2 Å². The van der Waals surface area contributed by atoms with Crippen molar-refractivity contribution in [2.75, 3.05) is 36.5 Å². The zero-order valence-electron chi connectivity index (χ0n) is 16.0. The van der Waals surface area contributed by atoms with E-state index in [4.69, 9.17) is 11.6 Å². The molecule has 1 aromatic rings. The number of hydrogen-bond donors (Lipinski definition) is 1. The van der Waals surface area contributed by atoms with Gasteiger partial charge < -0.3 is 19.9 Å². The minimum atomic E-state index is -4.58. The zero-order chi connectivity index (χ0) is 21.9. The number of piperidine rings is 1. The van der Waals surface area contributed by atoms with Crippen molar-refractivity contribution in [2.45, 2.75) is 31.9 Å². The monoisotopic (exact) mass is 447 g/mol. The summed E-state index contributed by atoms with van der Waals surface area (Å²) in [5.41, 5.74) is 1.08. The van der Waals surface area contributed by atoms with Gasteiger partial charge in [0.15, 0.2) is 6.61 Å². The Morgan fingerprint density at radius 2 is 1.90 bits per heavy atom. The van der Waals surface area contributed by atoms with E-state index in [-0.39, 0.29) is 24.9 Å². The van der Waals surface area contributed by atoms with Gasteiger partial charge in [-0.3, -0.25) is 9.59 Å². The molecule has 0 bridgehead atoms. The number of likely N-dealkylation sites (tertiary alicyclic amines) is 1. The van der Waals surface area contributed by atoms with Gasteiger partial charge in [0, 0.05) is 37.7 Å². The summed E-state index contributed by atoms with van der Waals surface area (Å²) in [6.45, 7) is -0.767. The summed E-state index contributed by atoms with van der Waals surface area (Å²) in [7, 11) is 0. The molecule has 2 heterocycles. The Morgan fingerprint density at radius 1 is 1.20 bits per heavy atom. The highest BCUT2D eigenvalue weighted by Crippen LogP contribution is 2.32. The molecule has 3 amide bonds. The van der Waals surface area contributed by atoms with Gasteiger partial charge in [-0.1, -0.05) is 11.6 Å². The lowest BCUT2D eigenvalue weighted by atomic mass is 9.96. The van der Waals surface area contributed by atoms with E-state index in [1.165, 1.54) is 0 Å². The van der Waals surface area contributed by atoms with Crippen LogP contribution in [-0.4, -0.2) is 55.2 Å². The molecule has 0 radical (unpaired) electrons. The highest BCUT2D eigenvalue weighted by molar-refractivity contribution is 6.34. The fraction of sp³-hybridized carbons (Fsp3) is 0.526. The van der Waals surface area contributed by atoms with Crippen LogP contribution in [0.1, 0.15) is 25.7 Å². The van der Waals surface area contributed by atoms with Gasteiger partial charge in [0.05, 0.1) is 10.7 Å². The van der Waals surface area contributed by atoms with Crippen LogP contribution in [0.2, 0.25) is 5.02 Å². The van der Waals surface area contributed by atoms with E-state index in [9.17, 15) is 27.6 Å². The van der Waals surface area contributed by atoms with Crippen molar-refractivity contribution in [1.29, 1.82) is 0 Å². The third-order valence-electron chi connectivity index (χ3n) is 5.06. The third kappa shape index (κ3) is 5.56. The van der Waals surface area contributed by atoms with Crippen LogP contribution in [0.25, 0.3) is 0 Å². The summed E-state index contributed by atoms with van der Waals surface area (Å²) in [5.74, 6) is -0.649. The van der Waals surface area contributed by atoms with Crippen LogP contribution >= 0.6 is 11.6 Å². The van der Waals surface area contributed by atoms with Crippen molar-refractivity contribution in [2.24, 2.45) is 5.92 Å². The second-order valence-electron chi connectivity index (χ2n) is 7.24. The predicted molar refractivity (Wildman–Crippen MR) is 103 cm³/mol. The number of benzene rings is 1. The Hall–Kier alpha value is -2.49. The molecule has 0 saturated carbocycles. The maximum absolute atomic E-state index is 12.5. The van der Waals surface area contributed by atoms with Crippen molar-refractivity contribution < 1.29 is 32.3 Å². The molecule has 1 N–H and O–H groups in total. The van der Waals surface area contributed by atoms with E-state index in [1.54, 1.807) is 23.1 Å². The minimum absolute atomic E-state index is 0.00852. The van der Waals surface area contributed by atoms with E-state index >= 15 is 0 Å². The number of nitrogens with one attached hydrogen (secondary N) is 1. The number of hydrogen-bond acceptors (Lipinski definition) is 4. The molecule has 2 aliphatic rings. The Balaban J connectivity index is 1.50. The second-order valence-corrected chi connectivity index (χ2v) is 7.64. The van der Waals surface area contributed by atoms with Gasteiger partial charge >= 0.3 is 12.3 Å². The summed E-state index contributed by atoms with van der Waals surface area (Å²) < 4.78 is 40.7. The van der Waals surface area contributed by atoms with Crippen LogP contribution in [0, 0.1) is 5.92 Å². The Labute approximate surface area is 176 Å². The number of carbonyl (C=O) groups is 3. The summed E-state index contributed by atoms with van der Waals surface area (Å²) >= 11 is 6.28. The van der Waals surface area contributed by atoms with Gasteiger partial charge in [0.2, 0.25) is 11.8 Å². The molecule has 0 aliphatic carbocycles. The number of alkyl halides is 3. The first kappa shape index (κ1) is 22.2. The summed E-state index contributed by atoms with van der Waals surface area (Å²) in [4.78, 5) is 38.8. The van der Waals surface area contributed by atoms with Crippen LogP contribution < -0.4 is 10.2 Å². The molecule has 11 heteroatoms. The summed E-state index contributed by atoms with van der Waals surface area (Å²) in [6, 6.07) is 4.92. The van der Waals surface area contributed by atoms with Gasteiger partial charge in [0.25, 0.3) is 0 Å². The largest absolute Gasteiger partial charge is 0.440 e. The lowest BCUT2D eigenvalue weighted by Gasteiger charge is -2.30. The Kier molecular flexibility index (Phi) is 6.74. The number of nitrogens with zero attached hydrogens (tertiary/aromatic N) is 2. The molecule has 2 aliphatic heterocycles. The molecule has 2 saturated heterocycles. The molecule has 0 spiro atoms. The quantitative estimate of drug-likeness (QED) is 0.761. The van der Waals surface area contributed by atoms with Crippen LogP contribution in [0.5, 0.6) is 0 Å². The zero-order valence-corrected chi connectivity index (χ0v) is 16.8. The van der Waals surface area contributed by atoms with Gasteiger partial charge in [-0.15, -0.1) is 0 Å². The first-order valence-electron chi connectivity index (χ1n) is 9.53. The smallest absolute Gasteiger partial charge is 0.422 e. The lowest BCUT2D eigenvalue weighted by Crippen LogP contribution is -2.42. The third-order valence-corrected chi connectivity index (χ3v) is 5.37. The molecule has 30 heavy (non-hydrogen) atoms. The van der Waals surface area contributed by atoms with E-state index in [0.717, 1.165) is 11.3 Å². The maximum atomic E-state index is 12.5. The maximum Gasteiger partial charge on any atom is 0.422 e. The number of rotatable bonds is 4. The van der Waals surface area contributed by atoms with Crippen LogP contribution in [-0.2, 0) is 14.3 Å². The molecule has 1 aromatic carbocycles. The predicted octanol–water partition coefficient (Wildman–Crippen LogP) is 3.82. The van der Waals surface area contributed by atoms with Crippen molar-refractivity contribution in [1.82, 2.24) is 4.90 Å². The van der Waals surface area contributed by atoms with E-state index in [2.05, 4.69) is 10.1 Å². The molecule has 2 fully saturated rings. The lowest BCUT2D eigenvalue weighted by molar-refractivity contribution is -0.162. The molecule has 0 unspecified atom stereocenters. The Bertz CT molecular complexity index is 826. The topological polar surface area (TPSA) is 79.0 Å². The van der Waals surface area contributed by atoms with E-state index in [1.807, 2.05) is 0 Å². The first-order valence-corrected chi connectivity index (χ1v) is 9.91. The SMILES string of the molecule is O=C(Nc1ccc(N2CCCC2=O)c(Cl)c1)C1CCN(C(=O)OCC(F)(F)F)CC1. The standard InChI is InChI=1S/C19H21ClF3N3O4/c20-14-10-13(3-4-15(14)26-7-1-2-16(26)27)24-17(28)12-5-8-25(9-6-12)18(29)30-11-19(21,22)23/h3-4,10,12H,1-2,5-9,11H2,(H,24,28). The number of amides is 3. The fourth-order valence-electron chi connectivity index (χ4n) is 3.51. The van der Waals surface area contributed by atoms with Gasteiger partial charge in [-0.05, 0) is 37.5 Å². The van der Waals surface area contributed by atoms with Crippen molar-refractivity contribution >= 4 is 40.9 Å². The van der Waals surface area contributed by atoms with Crippen LogP contribution in [0.4, 0.5) is 29.3 Å². The van der Waals surface area contributed by atoms with Gasteiger partial charge in [-0.25, -0.2) is 4.79 Å². The van der Waals surface area contributed by atoms with Crippen molar-refractivity contribution in [3.05, 3.63) is 23.2 Å². The number of anilines is 2. The van der Waals surface area contributed by atoms with Crippen molar-refractivity contribution in [3.8, 4) is 0 Å². The molecule has 3 rings (SSSR count). The molecular formula is C19H21ClF3N3O4. The van der Waals surface area contributed by atoms with Crippen LogP contribution in [0.15, 0.2) is 18.2 Å². The van der Waals surface area contributed by atoms with Crippen molar-refractivity contribution in [3.63, 3.8) is 0 Å². The highest BCUT2D eigenvalue weighted by Gasteiger charge is 2.33. The average Bonchev–Trinajstić information content (AvgIpc) is 3.11. The molecule has 164 valence electrons. The molecule has 0 atom stereocenters. The fourth-order valence-corrected chi connectivity index (χ4v) is 3.79. The van der Waals surface area contributed by atoms with Gasteiger partial charge in [0.1, 0.15) is 0 Å². The molecule has 0 aromatic heterocycles. The Morgan fingerprint density at radius 3 is 2.47 bits per heavy atom. The number of carbonyl (C=O) groups excluding carboxylic acids is 3. The average molecular weight is 448 g/mol. The van der Waals surface area contributed by atoms with Crippen LogP contribution in [0.3, 0.4) is 0 Å². The summed E-state index contributed by atoms with van der Waals surface area (Å²) in [5, 5.41) is 3.11. The molecule has 7 nitrogen and oxygen atoms in total. The first-order chi connectivity index (χ1) is 14.1. The normalized spacial score (nSPS) is 17.9. The van der Waals surface area contributed by atoms with Gasteiger partial charge in [-0.2, -0.15) is 13.2 Å². The number of halogens is 4. The highest BCUT2D eigenvalue weighted by atomic mass is 35.5. The second kappa shape index (κ2) is 9.11. The summed E-state index contributed by atoms with van der Waals surface area (Å²) in [6.07, 6.45) is -3.74. The number of ether oxygens (including phenoxy) is 1.